The molecule has 4 heteroatoms. The Kier molecular flexibility index (Phi) is 4.99. The number of fused-ring (bicyclic) bond motifs is 1. The largest absolute Gasteiger partial charge is 0.271 e. The first-order valence-corrected chi connectivity index (χ1v) is 7.52. The summed E-state index contributed by atoms with van der Waals surface area (Å²) in [5.41, 5.74) is 5.03. The van der Waals surface area contributed by atoms with Gasteiger partial charge in [0.05, 0.1) is 5.52 Å². The Morgan fingerprint density at radius 1 is 1.28 bits per heavy atom. The van der Waals surface area contributed by atoms with E-state index in [-0.39, 0.29) is 0 Å². The van der Waals surface area contributed by atoms with Gasteiger partial charge in [-0.3, -0.25) is 16.3 Å². The Hall–Kier alpha value is -1.10. The van der Waals surface area contributed by atoms with Crippen LogP contribution in [0.5, 0.6) is 0 Å². The fourth-order valence-corrected chi connectivity index (χ4v) is 2.50. The molecular weight excluding hydrogens is 242 g/mol. The molecule has 1 heterocycles. The number of rotatable bonds is 6. The standard InChI is InChI=1S/C14H19N3S/c1-18-9-8-13(17-15)10-12-7-6-11-4-2-3-5-14(11)16-12/h2-7,13,17H,8-10,15H2,1H3. The van der Waals surface area contributed by atoms with Gasteiger partial charge in [-0.05, 0) is 30.6 Å². The predicted octanol–water partition coefficient (Wildman–Crippen LogP) is 2.36. The van der Waals surface area contributed by atoms with Crippen LogP contribution in [0, 0.1) is 0 Å². The van der Waals surface area contributed by atoms with Gasteiger partial charge in [0.1, 0.15) is 0 Å². The number of nitrogens with two attached hydrogens (primary N) is 1. The van der Waals surface area contributed by atoms with Crippen LogP contribution in [0.15, 0.2) is 36.4 Å². The molecule has 2 rings (SSSR count). The summed E-state index contributed by atoms with van der Waals surface area (Å²) >= 11 is 1.84. The van der Waals surface area contributed by atoms with Crippen LogP contribution < -0.4 is 11.3 Å². The van der Waals surface area contributed by atoms with Crippen molar-refractivity contribution in [3.63, 3.8) is 0 Å². The second-order valence-electron chi connectivity index (χ2n) is 4.34. The highest BCUT2D eigenvalue weighted by Crippen LogP contribution is 2.13. The van der Waals surface area contributed by atoms with Crippen LogP contribution in [0.1, 0.15) is 12.1 Å². The van der Waals surface area contributed by atoms with Crippen LogP contribution in [0.25, 0.3) is 10.9 Å². The van der Waals surface area contributed by atoms with Crippen LogP contribution in [0.2, 0.25) is 0 Å². The quantitative estimate of drug-likeness (QED) is 0.619. The number of thioether (sulfide) groups is 1. The number of hydrogen-bond donors (Lipinski definition) is 2. The number of para-hydroxylation sites is 1. The van der Waals surface area contributed by atoms with Gasteiger partial charge in [0.2, 0.25) is 0 Å². The van der Waals surface area contributed by atoms with Gasteiger partial charge >= 0.3 is 0 Å². The molecule has 0 aliphatic heterocycles. The number of nitrogens with zero attached hydrogens (tertiary/aromatic N) is 1. The van der Waals surface area contributed by atoms with Crippen molar-refractivity contribution in [3.8, 4) is 0 Å². The number of hydrazine groups is 1. The Labute approximate surface area is 112 Å². The summed E-state index contributed by atoms with van der Waals surface area (Å²) in [7, 11) is 0. The number of benzene rings is 1. The minimum absolute atomic E-state index is 0.297. The maximum absolute atomic E-state index is 5.59. The van der Waals surface area contributed by atoms with Gasteiger partial charge in [0, 0.05) is 23.5 Å². The smallest absolute Gasteiger partial charge is 0.0705 e. The fraction of sp³-hybridized carbons (Fsp3) is 0.357. The lowest BCUT2D eigenvalue weighted by Gasteiger charge is -2.14. The Balaban J connectivity index is 2.10. The molecule has 0 bridgehead atoms. The molecule has 0 amide bonds. The van der Waals surface area contributed by atoms with E-state index >= 15 is 0 Å². The van der Waals surface area contributed by atoms with Crippen LogP contribution in [-0.2, 0) is 6.42 Å². The maximum atomic E-state index is 5.59. The van der Waals surface area contributed by atoms with E-state index in [1.54, 1.807) is 0 Å². The van der Waals surface area contributed by atoms with Gasteiger partial charge in [0.25, 0.3) is 0 Å². The lowest BCUT2D eigenvalue weighted by atomic mass is 10.1. The van der Waals surface area contributed by atoms with Crippen molar-refractivity contribution in [3.05, 3.63) is 42.1 Å². The lowest BCUT2D eigenvalue weighted by molar-refractivity contribution is 0.510. The molecule has 96 valence electrons. The van der Waals surface area contributed by atoms with Gasteiger partial charge in [-0.15, -0.1) is 0 Å². The first-order valence-electron chi connectivity index (χ1n) is 6.13. The highest BCUT2D eigenvalue weighted by molar-refractivity contribution is 7.98. The molecule has 1 aromatic carbocycles. The monoisotopic (exact) mass is 261 g/mol. The van der Waals surface area contributed by atoms with Gasteiger partial charge in [-0.1, -0.05) is 24.3 Å². The van der Waals surface area contributed by atoms with E-state index in [1.807, 2.05) is 30.0 Å². The minimum atomic E-state index is 0.297. The second kappa shape index (κ2) is 6.73. The van der Waals surface area contributed by atoms with Crippen molar-refractivity contribution in [1.82, 2.24) is 10.4 Å². The first-order chi connectivity index (χ1) is 8.83. The highest BCUT2D eigenvalue weighted by Gasteiger charge is 2.08. The molecule has 0 radical (unpaired) electrons. The zero-order valence-corrected chi connectivity index (χ0v) is 11.4. The molecule has 0 spiro atoms. The SMILES string of the molecule is CSCCC(Cc1ccc2ccccc2n1)NN. The zero-order chi connectivity index (χ0) is 12.8. The van der Waals surface area contributed by atoms with Crippen LogP contribution in [0.3, 0.4) is 0 Å². The number of hydrogen-bond acceptors (Lipinski definition) is 4. The molecule has 1 aromatic heterocycles. The molecule has 3 N–H and O–H groups in total. The second-order valence-corrected chi connectivity index (χ2v) is 5.33. The average molecular weight is 261 g/mol. The number of nitrogens with one attached hydrogen (secondary N) is 1. The molecule has 1 unspecified atom stereocenters. The van der Waals surface area contributed by atoms with E-state index in [0.29, 0.717) is 6.04 Å². The van der Waals surface area contributed by atoms with Crippen molar-refractivity contribution < 1.29 is 0 Å². The molecule has 0 fully saturated rings. The van der Waals surface area contributed by atoms with E-state index < -0.39 is 0 Å². The molecule has 1 atom stereocenters. The third-order valence-corrected chi connectivity index (χ3v) is 3.66. The molecule has 0 saturated carbocycles. The lowest BCUT2D eigenvalue weighted by Crippen LogP contribution is -2.37. The normalized spacial score (nSPS) is 12.8. The summed E-state index contributed by atoms with van der Waals surface area (Å²) in [6, 6.07) is 12.7. The first kappa shape index (κ1) is 13.3. The van der Waals surface area contributed by atoms with Crippen molar-refractivity contribution in [2.45, 2.75) is 18.9 Å². The Morgan fingerprint density at radius 3 is 2.89 bits per heavy atom. The Morgan fingerprint density at radius 2 is 2.11 bits per heavy atom. The van der Waals surface area contributed by atoms with Crippen LogP contribution >= 0.6 is 11.8 Å². The zero-order valence-electron chi connectivity index (χ0n) is 10.6. The Bertz CT molecular complexity index is 501. The minimum Gasteiger partial charge on any atom is -0.271 e. The van der Waals surface area contributed by atoms with Crippen molar-refractivity contribution in [1.29, 1.82) is 0 Å². The van der Waals surface area contributed by atoms with E-state index in [9.17, 15) is 0 Å². The molecular formula is C14H19N3S. The van der Waals surface area contributed by atoms with Crippen LogP contribution in [-0.4, -0.2) is 23.0 Å². The van der Waals surface area contributed by atoms with Crippen molar-refractivity contribution >= 4 is 22.7 Å². The van der Waals surface area contributed by atoms with Gasteiger partial charge in [-0.2, -0.15) is 11.8 Å². The molecule has 18 heavy (non-hydrogen) atoms. The summed E-state index contributed by atoms with van der Waals surface area (Å²) in [5, 5.41) is 1.18. The molecule has 3 nitrogen and oxygen atoms in total. The average Bonchev–Trinajstić information content (AvgIpc) is 2.43. The third kappa shape index (κ3) is 3.45. The molecule has 0 saturated heterocycles. The summed E-state index contributed by atoms with van der Waals surface area (Å²) < 4.78 is 0. The molecule has 2 aromatic rings. The fourth-order valence-electron chi connectivity index (χ4n) is 1.98. The topological polar surface area (TPSA) is 50.9 Å². The van der Waals surface area contributed by atoms with Gasteiger partial charge in [-0.25, -0.2) is 0 Å². The predicted molar refractivity (Wildman–Crippen MR) is 79.6 cm³/mol. The molecule has 0 aliphatic rings. The summed E-state index contributed by atoms with van der Waals surface area (Å²) in [6.07, 6.45) is 4.05. The number of aromatic nitrogens is 1. The molecule has 0 aliphatic carbocycles. The third-order valence-electron chi connectivity index (χ3n) is 3.02. The van der Waals surface area contributed by atoms with Crippen molar-refractivity contribution in [2.75, 3.05) is 12.0 Å². The van der Waals surface area contributed by atoms with E-state index in [2.05, 4.69) is 34.9 Å². The van der Waals surface area contributed by atoms with Gasteiger partial charge in [0.15, 0.2) is 0 Å². The van der Waals surface area contributed by atoms with E-state index in [1.165, 1.54) is 5.39 Å². The summed E-state index contributed by atoms with van der Waals surface area (Å²) in [4.78, 5) is 4.67. The van der Waals surface area contributed by atoms with Crippen LogP contribution in [0.4, 0.5) is 0 Å². The maximum Gasteiger partial charge on any atom is 0.0705 e. The number of pyridine rings is 1. The highest BCUT2D eigenvalue weighted by atomic mass is 32.2. The van der Waals surface area contributed by atoms with E-state index in [4.69, 9.17) is 5.84 Å². The van der Waals surface area contributed by atoms with Gasteiger partial charge < -0.3 is 0 Å². The summed E-state index contributed by atoms with van der Waals surface area (Å²) in [5.74, 6) is 6.70. The van der Waals surface area contributed by atoms with E-state index in [0.717, 1.165) is 29.8 Å². The summed E-state index contributed by atoms with van der Waals surface area (Å²) in [6.45, 7) is 0. The van der Waals surface area contributed by atoms with Crippen molar-refractivity contribution in [2.24, 2.45) is 5.84 Å².